The van der Waals surface area contributed by atoms with E-state index in [1.807, 2.05) is 11.3 Å². The second-order valence-corrected chi connectivity index (χ2v) is 31.7. The smallest absolute Gasteiger partial charge is 0.0541 e. The number of benzene rings is 18. The lowest BCUT2D eigenvalue weighted by Gasteiger charge is -2.11. The molecule has 0 aliphatic carbocycles. The van der Waals surface area contributed by atoms with E-state index in [0.717, 1.165) is 22.7 Å². The van der Waals surface area contributed by atoms with E-state index in [9.17, 15) is 0 Å². The van der Waals surface area contributed by atoms with Gasteiger partial charge >= 0.3 is 0 Å². The van der Waals surface area contributed by atoms with Crippen molar-refractivity contribution in [2.45, 2.75) is 9.79 Å². The molecule has 0 atom stereocenters. The third kappa shape index (κ3) is 11.6. The Morgan fingerprint density at radius 3 is 0.886 bits per heavy atom. The lowest BCUT2D eigenvalue weighted by Crippen LogP contribution is -1.94. The second-order valence-electron chi connectivity index (χ2n) is 29.5. The van der Waals surface area contributed by atoms with Crippen molar-refractivity contribution in [1.82, 2.24) is 18.3 Å². The van der Waals surface area contributed by atoms with Crippen molar-refractivity contribution in [3.63, 3.8) is 0 Å². The van der Waals surface area contributed by atoms with Crippen LogP contribution in [0.3, 0.4) is 0 Å². The molecule has 0 unspecified atom stereocenters. The van der Waals surface area contributed by atoms with Crippen molar-refractivity contribution in [3.8, 4) is 89.5 Å². The van der Waals surface area contributed by atoms with Crippen LogP contribution in [0.25, 0.3) is 197 Å². The average Bonchev–Trinajstić information content (AvgIpc) is 1.59. The van der Waals surface area contributed by atoms with Gasteiger partial charge in [0.15, 0.2) is 0 Å². The normalized spacial score (nSPS) is 11.7. The van der Waals surface area contributed by atoms with E-state index in [2.05, 4.69) is 443 Å². The average molecular weight is 1490 g/mol. The number of thiophene rings is 1. The molecule has 114 heavy (non-hydrogen) atoms. The summed E-state index contributed by atoms with van der Waals surface area (Å²) in [7, 11) is 0. The fraction of sp³-hybridized carbons (Fsp3) is 0. The van der Waals surface area contributed by atoms with E-state index in [0.29, 0.717) is 0 Å². The topological polar surface area (TPSA) is 19.7 Å². The molecule has 0 fully saturated rings. The minimum absolute atomic E-state index is 1.15. The Balaban J connectivity index is 0.000000139. The molecule has 23 aromatic rings. The van der Waals surface area contributed by atoms with E-state index >= 15 is 0 Å². The summed E-state index contributed by atoms with van der Waals surface area (Å²) in [6, 6.07) is 155. The van der Waals surface area contributed by atoms with E-state index in [4.69, 9.17) is 0 Å². The summed E-state index contributed by atoms with van der Waals surface area (Å²) in [5.41, 5.74) is 28.9. The second kappa shape index (κ2) is 27.9. The zero-order chi connectivity index (χ0) is 75.2. The molecule has 0 N–H and O–H groups in total. The maximum absolute atomic E-state index is 2.42. The van der Waals surface area contributed by atoms with Crippen LogP contribution < -0.4 is 0 Å². The Morgan fingerprint density at radius 2 is 0.456 bits per heavy atom. The molecule has 0 aliphatic rings. The van der Waals surface area contributed by atoms with Gasteiger partial charge in [-0.05, 0) is 218 Å². The molecular weight excluding hydrogens is 1420 g/mol. The van der Waals surface area contributed by atoms with Gasteiger partial charge in [0.1, 0.15) is 0 Å². The molecule has 0 bridgehead atoms. The third-order valence-electron chi connectivity index (χ3n) is 22.9. The van der Waals surface area contributed by atoms with Crippen molar-refractivity contribution >= 4 is 130 Å². The predicted molar refractivity (Wildman–Crippen MR) is 486 cm³/mol. The van der Waals surface area contributed by atoms with Gasteiger partial charge in [-0.3, -0.25) is 0 Å². The number of para-hydroxylation sites is 4. The minimum Gasteiger partial charge on any atom is -0.309 e. The van der Waals surface area contributed by atoms with Gasteiger partial charge in [-0.1, -0.05) is 285 Å². The lowest BCUT2D eigenvalue weighted by atomic mass is 10.0. The summed E-state index contributed by atoms with van der Waals surface area (Å²) in [5, 5.41) is 12.7. The fourth-order valence-corrected chi connectivity index (χ4v) is 19.6. The summed E-state index contributed by atoms with van der Waals surface area (Å²) < 4.78 is 12.3. The van der Waals surface area contributed by atoms with Crippen LogP contribution in [0.15, 0.2) is 434 Å². The summed E-state index contributed by atoms with van der Waals surface area (Å²) in [6.45, 7) is 0. The highest BCUT2D eigenvalue weighted by molar-refractivity contribution is 7.99. The maximum atomic E-state index is 2.42. The molecule has 0 amide bonds. The SMILES string of the molecule is c1ccc(-c2cccc(-n3c4ccccc4c4cc(-c5ccc6c(c5)c5ccccc5n6-c5ccc(-c6cccc7c6sc6ccccc67)cc5)ccc43)c2)cc1.c1ccc(Sc2ccc(-c3ccc(-n4c5ccccc5c5cc(-c6ccc7c(c6)c6ccccc6n7-c6cccc(-c7ccccc7)c6)ccc54)cc3)cc2)cc1. The molecular formula is C108H70N4S2. The fourth-order valence-electron chi connectivity index (χ4n) is 17.5. The number of hydrogen-bond acceptors (Lipinski definition) is 2. The van der Waals surface area contributed by atoms with Gasteiger partial charge in [-0.2, -0.15) is 0 Å². The van der Waals surface area contributed by atoms with Crippen LogP contribution >= 0.6 is 23.1 Å². The van der Waals surface area contributed by atoms with Crippen molar-refractivity contribution < 1.29 is 0 Å². The summed E-state index contributed by atoms with van der Waals surface area (Å²) >= 11 is 3.67. The van der Waals surface area contributed by atoms with Crippen LogP contribution in [0.5, 0.6) is 0 Å². The zero-order valence-electron chi connectivity index (χ0n) is 62.0. The predicted octanol–water partition coefficient (Wildman–Crippen LogP) is 30.3. The van der Waals surface area contributed by atoms with Gasteiger partial charge in [-0.15, -0.1) is 11.3 Å². The van der Waals surface area contributed by atoms with Crippen LogP contribution in [-0.4, -0.2) is 18.3 Å². The highest BCUT2D eigenvalue weighted by Crippen LogP contribution is 2.45. The summed E-state index contributed by atoms with van der Waals surface area (Å²) in [4.78, 5) is 2.49. The molecule has 0 saturated carbocycles. The molecule has 0 aliphatic heterocycles. The molecule has 5 heterocycles. The number of rotatable bonds is 12. The summed E-state index contributed by atoms with van der Waals surface area (Å²) in [6.07, 6.45) is 0. The van der Waals surface area contributed by atoms with Crippen LogP contribution in [0.2, 0.25) is 0 Å². The van der Waals surface area contributed by atoms with Crippen LogP contribution in [0.1, 0.15) is 0 Å². The molecule has 18 aromatic carbocycles. The molecule has 5 aromatic heterocycles. The third-order valence-corrected chi connectivity index (χ3v) is 25.1. The van der Waals surface area contributed by atoms with E-state index in [-0.39, 0.29) is 0 Å². The monoisotopic (exact) mass is 1490 g/mol. The van der Waals surface area contributed by atoms with Gasteiger partial charge in [0.05, 0.1) is 44.1 Å². The maximum Gasteiger partial charge on any atom is 0.0541 e. The van der Waals surface area contributed by atoms with Gasteiger partial charge in [0.2, 0.25) is 0 Å². The van der Waals surface area contributed by atoms with Crippen LogP contribution in [0, 0.1) is 0 Å². The van der Waals surface area contributed by atoms with Crippen molar-refractivity contribution in [1.29, 1.82) is 0 Å². The van der Waals surface area contributed by atoms with E-state index in [1.54, 1.807) is 11.8 Å². The Bertz CT molecular complexity index is 7650. The van der Waals surface area contributed by atoms with E-state index < -0.39 is 0 Å². The first-order valence-electron chi connectivity index (χ1n) is 38.9. The van der Waals surface area contributed by atoms with Crippen LogP contribution in [0.4, 0.5) is 0 Å². The quantitative estimate of drug-likeness (QED) is 0.119. The Morgan fingerprint density at radius 1 is 0.167 bits per heavy atom. The number of nitrogens with zero attached hydrogens (tertiary/aromatic N) is 4. The Hall–Kier alpha value is -14.3. The highest BCUT2D eigenvalue weighted by Gasteiger charge is 2.21. The largest absolute Gasteiger partial charge is 0.309 e. The Labute approximate surface area is 667 Å². The van der Waals surface area contributed by atoms with Crippen molar-refractivity contribution in [2.75, 3.05) is 0 Å². The molecule has 0 spiro atoms. The molecule has 6 heteroatoms. The van der Waals surface area contributed by atoms with Gasteiger partial charge in [0, 0.05) is 95.8 Å². The first kappa shape index (κ1) is 66.7. The van der Waals surface area contributed by atoms with Crippen molar-refractivity contribution in [2.24, 2.45) is 0 Å². The van der Waals surface area contributed by atoms with Gasteiger partial charge in [-0.25, -0.2) is 0 Å². The number of fused-ring (bicyclic) bond motifs is 15. The van der Waals surface area contributed by atoms with Gasteiger partial charge < -0.3 is 18.3 Å². The van der Waals surface area contributed by atoms with Crippen molar-refractivity contribution in [3.05, 3.63) is 425 Å². The van der Waals surface area contributed by atoms with Crippen LogP contribution in [-0.2, 0) is 0 Å². The zero-order valence-corrected chi connectivity index (χ0v) is 63.7. The number of hydrogen-bond donors (Lipinski definition) is 0. The summed E-state index contributed by atoms with van der Waals surface area (Å²) in [5.74, 6) is 0. The minimum atomic E-state index is 1.15. The highest BCUT2D eigenvalue weighted by atomic mass is 32.2. The van der Waals surface area contributed by atoms with E-state index in [1.165, 1.54) is 184 Å². The molecule has 0 saturated heterocycles. The number of aromatic nitrogens is 4. The van der Waals surface area contributed by atoms with Gasteiger partial charge in [0.25, 0.3) is 0 Å². The first-order chi connectivity index (χ1) is 56.5. The molecule has 534 valence electrons. The first-order valence-corrected chi connectivity index (χ1v) is 40.6. The molecule has 23 rings (SSSR count). The lowest BCUT2D eigenvalue weighted by molar-refractivity contribution is 1.18. The molecule has 0 radical (unpaired) electrons. The Kier molecular flexibility index (Phi) is 16.3. The molecule has 4 nitrogen and oxygen atoms in total. The standard InChI is InChI=1S/C54H34N2S.C54H36N2S/c1-2-12-35(13-3-1)37-14-10-15-41(32-37)56-50-22-8-5-17-44(50)48-34-39(27-31-52(48)56)38-26-30-51-47(33-38)43-16-4-7-21-49(43)55(51)40-28-24-36(25-29-40)42-19-11-20-46-45-18-6-9-23-53(45)57-54(42)46;1-3-12-37(13-4-1)40-14-11-15-44(34-40)56-52-21-10-8-19-48(52)50-36-42(27-33-54(50)56)41-26-32-53-49(35-41)47-18-7-9-20-51(47)55(53)43-28-22-38(23-29-43)39-24-30-46(31-25-39)57-45-16-5-2-6-17-45/h1-34H;1-36H.